The molecule has 3 aromatic rings. The van der Waals surface area contributed by atoms with Crippen molar-refractivity contribution < 1.29 is 28.4 Å². The van der Waals surface area contributed by atoms with Crippen LogP contribution in [0.4, 0.5) is 5.69 Å². The first-order chi connectivity index (χ1) is 14.5. The first-order valence-corrected chi connectivity index (χ1v) is 8.57. The predicted molar refractivity (Wildman–Crippen MR) is 104 cm³/mol. The Bertz CT molecular complexity index is 1080. The van der Waals surface area contributed by atoms with Gasteiger partial charge in [-0.25, -0.2) is 10.2 Å². The molecular weight excluding hydrogens is 394 g/mol. The summed E-state index contributed by atoms with van der Waals surface area (Å²) in [6, 6.07) is 15.2. The van der Waals surface area contributed by atoms with Crippen molar-refractivity contribution in [2.45, 2.75) is 0 Å². The summed E-state index contributed by atoms with van der Waals surface area (Å²) < 4.78 is 15.3. The van der Waals surface area contributed by atoms with Gasteiger partial charge in [0.25, 0.3) is 5.91 Å². The zero-order chi connectivity index (χ0) is 21.3. The van der Waals surface area contributed by atoms with Gasteiger partial charge in [-0.3, -0.25) is 14.9 Å². The summed E-state index contributed by atoms with van der Waals surface area (Å²) in [5, 5.41) is 14.7. The van der Waals surface area contributed by atoms with Gasteiger partial charge >= 0.3 is 11.7 Å². The molecule has 0 saturated heterocycles. The van der Waals surface area contributed by atoms with Crippen LogP contribution in [0.25, 0.3) is 0 Å². The lowest BCUT2D eigenvalue weighted by Gasteiger charge is -2.05. The highest BCUT2D eigenvalue weighted by atomic mass is 16.6. The van der Waals surface area contributed by atoms with E-state index in [1.54, 1.807) is 36.4 Å². The van der Waals surface area contributed by atoms with E-state index in [0.29, 0.717) is 5.56 Å². The third kappa shape index (κ3) is 5.52. The Kier molecular flexibility index (Phi) is 6.51. The first-order valence-electron chi connectivity index (χ1n) is 8.57. The van der Waals surface area contributed by atoms with E-state index >= 15 is 0 Å². The molecule has 10 heteroatoms. The fraction of sp³-hybridized carbons (Fsp3) is 0.0500. The molecule has 0 aliphatic carbocycles. The molecule has 1 aromatic heterocycles. The molecule has 1 heterocycles. The molecule has 152 valence electrons. The van der Waals surface area contributed by atoms with Crippen LogP contribution in [-0.4, -0.2) is 29.6 Å². The van der Waals surface area contributed by atoms with E-state index in [1.807, 2.05) is 0 Å². The summed E-state index contributed by atoms with van der Waals surface area (Å²) >= 11 is 0. The van der Waals surface area contributed by atoms with Crippen molar-refractivity contribution in [1.29, 1.82) is 0 Å². The van der Waals surface area contributed by atoms with Crippen molar-refractivity contribution in [3.63, 3.8) is 0 Å². The average molecular weight is 409 g/mol. The van der Waals surface area contributed by atoms with Crippen molar-refractivity contribution in [3.05, 3.63) is 88.4 Å². The maximum absolute atomic E-state index is 11.9. The number of nitrogens with zero attached hydrogens (tertiary/aromatic N) is 2. The van der Waals surface area contributed by atoms with Crippen LogP contribution < -0.4 is 14.9 Å². The minimum absolute atomic E-state index is 0.0206. The molecule has 0 unspecified atom stereocenters. The average Bonchev–Trinajstić information content (AvgIpc) is 3.28. The second kappa shape index (κ2) is 9.64. The van der Waals surface area contributed by atoms with Gasteiger partial charge < -0.3 is 13.9 Å². The van der Waals surface area contributed by atoms with E-state index in [4.69, 9.17) is 13.9 Å². The Morgan fingerprint density at radius 3 is 2.73 bits per heavy atom. The molecule has 0 atom stereocenters. The molecular formula is C20H15N3O7. The van der Waals surface area contributed by atoms with Crippen LogP contribution in [0.15, 0.2) is 76.4 Å². The lowest BCUT2D eigenvalue weighted by atomic mass is 10.2. The summed E-state index contributed by atoms with van der Waals surface area (Å²) in [5.74, 6) is -0.932. The molecule has 0 aliphatic heterocycles. The highest BCUT2D eigenvalue weighted by molar-refractivity contribution is 5.88. The number of nitro groups is 1. The Morgan fingerprint density at radius 2 is 1.97 bits per heavy atom. The first kappa shape index (κ1) is 20.3. The smallest absolute Gasteiger partial charge is 0.379 e. The monoisotopic (exact) mass is 409 g/mol. The van der Waals surface area contributed by atoms with Crippen LogP contribution in [0.3, 0.4) is 0 Å². The van der Waals surface area contributed by atoms with Crippen LogP contribution in [0.1, 0.15) is 16.1 Å². The van der Waals surface area contributed by atoms with E-state index < -0.39 is 23.4 Å². The predicted octanol–water partition coefficient (Wildman–Crippen LogP) is 2.94. The molecule has 30 heavy (non-hydrogen) atoms. The molecule has 1 N–H and O–H groups in total. The van der Waals surface area contributed by atoms with E-state index in [2.05, 4.69) is 10.5 Å². The van der Waals surface area contributed by atoms with Crippen LogP contribution in [0.5, 0.6) is 11.5 Å². The number of hydrazone groups is 1. The van der Waals surface area contributed by atoms with Crippen molar-refractivity contribution in [3.8, 4) is 11.5 Å². The maximum atomic E-state index is 11.9. The molecule has 3 rings (SSSR count). The second-order valence-electron chi connectivity index (χ2n) is 5.75. The summed E-state index contributed by atoms with van der Waals surface area (Å²) in [4.78, 5) is 34.0. The molecule has 2 aromatic carbocycles. The Morgan fingerprint density at radius 1 is 1.13 bits per heavy atom. The van der Waals surface area contributed by atoms with Gasteiger partial charge in [-0.05, 0) is 35.9 Å². The second-order valence-corrected chi connectivity index (χ2v) is 5.75. The fourth-order valence-corrected chi connectivity index (χ4v) is 2.29. The zero-order valence-electron chi connectivity index (χ0n) is 15.4. The molecule has 0 saturated carbocycles. The number of rotatable bonds is 8. The summed E-state index contributed by atoms with van der Waals surface area (Å²) in [6.07, 6.45) is 2.70. The number of ether oxygens (including phenoxy) is 2. The van der Waals surface area contributed by atoms with E-state index in [9.17, 15) is 19.7 Å². The number of esters is 1. The highest BCUT2D eigenvalue weighted by Crippen LogP contribution is 2.25. The number of para-hydroxylation sites is 2. The number of hydrogen-bond acceptors (Lipinski definition) is 8. The van der Waals surface area contributed by atoms with Crippen molar-refractivity contribution in [2.75, 3.05) is 6.61 Å². The van der Waals surface area contributed by atoms with Crippen molar-refractivity contribution in [2.24, 2.45) is 5.10 Å². The Balaban J connectivity index is 1.52. The Hall–Kier alpha value is -4.47. The topological polar surface area (TPSA) is 133 Å². The third-order valence-electron chi connectivity index (χ3n) is 3.61. The number of nitro benzene ring substituents is 1. The Labute approximate surface area is 169 Å². The summed E-state index contributed by atoms with van der Waals surface area (Å²) in [5.41, 5.74) is 2.56. The molecule has 1 amide bonds. The van der Waals surface area contributed by atoms with Crippen LogP contribution in [0.2, 0.25) is 0 Å². The van der Waals surface area contributed by atoms with E-state index in [0.717, 1.165) is 0 Å². The van der Waals surface area contributed by atoms with Gasteiger partial charge in [-0.2, -0.15) is 5.10 Å². The van der Waals surface area contributed by atoms with Gasteiger partial charge in [0.05, 0.1) is 17.4 Å². The van der Waals surface area contributed by atoms with Crippen molar-refractivity contribution in [1.82, 2.24) is 5.43 Å². The number of amides is 1. The highest BCUT2D eigenvalue weighted by Gasteiger charge is 2.15. The lowest BCUT2D eigenvalue weighted by Crippen LogP contribution is -2.24. The van der Waals surface area contributed by atoms with E-state index in [-0.39, 0.29) is 22.9 Å². The van der Waals surface area contributed by atoms with Crippen molar-refractivity contribution >= 4 is 23.8 Å². The van der Waals surface area contributed by atoms with Gasteiger partial charge in [0.1, 0.15) is 5.75 Å². The van der Waals surface area contributed by atoms with Gasteiger partial charge in [0.2, 0.25) is 5.76 Å². The number of furan rings is 1. The minimum Gasteiger partial charge on any atom is -0.477 e. The minimum atomic E-state index is -0.644. The third-order valence-corrected chi connectivity index (χ3v) is 3.61. The number of hydrogen-bond donors (Lipinski definition) is 1. The molecule has 10 nitrogen and oxygen atoms in total. The summed E-state index contributed by atoms with van der Waals surface area (Å²) in [6.45, 7) is -0.455. The van der Waals surface area contributed by atoms with Crippen LogP contribution >= 0.6 is 0 Å². The normalized spacial score (nSPS) is 10.5. The van der Waals surface area contributed by atoms with Gasteiger partial charge in [-0.1, -0.05) is 24.3 Å². The molecule has 0 aliphatic rings. The SMILES string of the molecule is O=C(COc1ccccc1[N+](=O)[O-])NN=Cc1cccc(OC(=O)c2ccco2)c1. The number of carbonyl (C=O) groups excluding carboxylic acids is 2. The number of benzene rings is 2. The van der Waals surface area contributed by atoms with Gasteiger partial charge in [0.15, 0.2) is 12.4 Å². The molecule has 0 spiro atoms. The number of nitrogens with one attached hydrogen (secondary N) is 1. The standard InChI is InChI=1S/C20H15N3O7/c24-19(13-29-17-8-2-1-7-16(17)23(26)27)22-21-12-14-5-3-6-15(11-14)30-20(25)18-9-4-10-28-18/h1-12H,13H2,(H,22,24). The maximum Gasteiger partial charge on any atom is 0.379 e. The largest absolute Gasteiger partial charge is 0.477 e. The van der Waals surface area contributed by atoms with Gasteiger partial charge in [0, 0.05) is 6.07 Å². The van der Waals surface area contributed by atoms with Crippen LogP contribution in [-0.2, 0) is 4.79 Å². The summed E-state index contributed by atoms with van der Waals surface area (Å²) in [7, 11) is 0. The molecule has 0 fully saturated rings. The van der Waals surface area contributed by atoms with Crippen LogP contribution in [0, 0.1) is 10.1 Å². The molecule has 0 bridgehead atoms. The van der Waals surface area contributed by atoms with E-state index in [1.165, 1.54) is 36.7 Å². The quantitative estimate of drug-likeness (QED) is 0.199. The molecule has 0 radical (unpaired) electrons. The lowest BCUT2D eigenvalue weighted by molar-refractivity contribution is -0.385. The van der Waals surface area contributed by atoms with Gasteiger partial charge in [-0.15, -0.1) is 0 Å². The fourth-order valence-electron chi connectivity index (χ4n) is 2.29. The number of carbonyl (C=O) groups is 2. The zero-order valence-corrected chi connectivity index (χ0v) is 15.4.